The maximum absolute atomic E-state index is 12.2. The quantitative estimate of drug-likeness (QED) is 0.671. The maximum Gasteiger partial charge on any atom is 0.215 e. The Hall–Kier alpha value is -2.56. The van der Waals surface area contributed by atoms with Gasteiger partial charge in [-0.15, -0.1) is 0 Å². The highest BCUT2D eigenvalue weighted by Gasteiger charge is 2.14. The molecule has 0 amide bonds. The molecule has 3 aromatic rings. The van der Waals surface area contributed by atoms with Crippen LogP contribution in [0.15, 0.2) is 42.7 Å². The first-order valence-electron chi connectivity index (χ1n) is 5.10. The molecule has 5 nitrogen and oxygen atoms in total. The van der Waals surface area contributed by atoms with Gasteiger partial charge in [-0.1, -0.05) is 18.2 Å². The summed E-state index contributed by atoms with van der Waals surface area (Å²) in [5.41, 5.74) is 1.69. The summed E-state index contributed by atoms with van der Waals surface area (Å²) in [6.45, 7) is 0. The van der Waals surface area contributed by atoms with Crippen molar-refractivity contribution in [2.45, 2.75) is 0 Å². The molecule has 0 aliphatic heterocycles. The van der Waals surface area contributed by atoms with Crippen molar-refractivity contribution in [2.24, 2.45) is 0 Å². The third-order valence-corrected chi connectivity index (χ3v) is 2.54. The number of aromatic amines is 1. The van der Waals surface area contributed by atoms with E-state index in [1.807, 2.05) is 24.3 Å². The number of nitrogens with one attached hydrogen (secondary N) is 1. The van der Waals surface area contributed by atoms with Crippen LogP contribution in [0.2, 0.25) is 0 Å². The molecule has 0 aliphatic carbocycles. The lowest BCUT2D eigenvalue weighted by molar-refractivity contribution is 0.103. The summed E-state index contributed by atoms with van der Waals surface area (Å²) in [6.07, 6.45) is 3.12. The van der Waals surface area contributed by atoms with Gasteiger partial charge in [0.05, 0.1) is 11.7 Å². The molecular weight excluding hydrogens is 216 g/mol. The molecule has 0 atom stereocenters. The zero-order valence-electron chi connectivity index (χ0n) is 8.79. The lowest BCUT2D eigenvalue weighted by Gasteiger charge is -2.02. The first-order valence-corrected chi connectivity index (χ1v) is 5.10. The highest BCUT2D eigenvalue weighted by atomic mass is 16.1. The average molecular weight is 224 g/mol. The molecule has 0 unspecified atom stereocenters. The monoisotopic (exact) mass is 224 g/mol. The average Bonchev–Trinajstić information content (AvgIpc) is 2.91. The number of hydrogen-bond donors (Lipinski definition) is 1. The van der Waals surface area contributed by atoms with Gasteiger partial charge in [-0.2, -0.15) is 15.4 Å². The minimum absolute atomic E-state index is 0.155. The fourth-order valence-corrected chi connectivity index (χ4v) is 1.75. The van der Waals surface area contributed by atoms with Crippen LogP contribution >= 0.6 is 0 Å². The van der Waals surface area contributed by atoms with Gasteiger partial charge in [0.1, 0.15) is 0 Å². The second-order valence-corrected chi connectivity index (χ2v) is 3.56. The van der Waals surface area contributed by atoms with Gasteiger partial charge in [0.15, 0.2) is 5.69 Å². The molecule has 1 aromatic carbocycles. The molecule has 82 valence electrons. The van der Waals surface area contributed by atoms with Crippen molar-refractivity contribution >= 4 is 16.7 Å². The van der Waals surface area contributed by atoms with Crippen LogP contribution in [0.3, 0.4) is 0 Å². The van der Waals surface area contributed by atoms with Gasteiger partial charge in [-0.3, -0.25) is 9.78 Å². The molecule has 0 spiro atoms. The number of hydrogen-bond acceptors (Lipinski definition) is 4. The Bertz CT molecular complexity index is 671. The van der Waals surface area contributed by atoms with Gasteiger partial charge >= 0.3 is 0 Å². The highest BCUT2D eigenvalue weighted by molar-refractivity contribution is 6.14. The van der Waals surface area contributed by atoms with Crippen LogP contribution in [0.4, 0.5) is 0 Å². The molecule has 1 N–H and O–H groups in total. The molecule has 3 rings (SSSR count). The van der Waals surface area contributed by atoms with Crippen molar-refractivity contribution in [1.82, 2.24) is 20.4 Å². The number of nitrogens with zero attached hydrogens (tertiary/aromatic N) is 3. The first kappa shape index (κ1) is 9.65. The number of carbonyl (C=O) groups is 1. The van der Waals surface area contributed by atoms with E-state index < -0.39 is 0 Å². The fourth-order valence-electron chi connectivity index (χ4n) is 1.75. The topological polar surface area (TPSA) is 71.5 Å². The van der Waals surface area contributed by atoms with Gasteiger partial charge in [-0.25, -0.2) is 0 Å². The third-order valence-electron chi connectivity index (χ3n) is 2.54. The lowest BCUT2D eigenvalue weighted by Crippen LogP contribution is -2.02. The van der Waals surface area contributed by atoms with Gasteiger partial charge < -0.3 is 0 Å². The number of aromatic nitrogens is 4. The summed E-state index contributed by atoms with van der Waals surface area (Å²) in [6, 6.07) is 9.12. The predicted molar refractivity (Wildman–Crippen MR) is 61.6 cm³/mol. The van der Waals surface area contributed by atoms with Crippen molar-refractivity contribution in [1.29, 1.82) is 0 Å². The van der Waals surface area contributed by atoms with Crippen molar-refractivity contribution in [2.75, 3.05) is 0 Å². The Morgan fingerprint density at radius 2 is 2.12 bits per heavy atom. The first-order chi connectivity index (χ1) is 8.36. The van der Waals surface area contributed by atoms with E-state index >= 15 is 0 Å². The second-order valence-electron chi connectivity index (χ2n) is 3.56. The third kappa shape index (κ3) is 1.57. The van der Waals surface area contributed by atoms with Crippen LogP contribution in [0.25, 0.3) is 10.9 Å². The Morgan fingerprint density at radius 1 is 1.18 bits per heavy atom. The Kier molecular flexibility index (Phi) is 2.15. The molecule has 2 aromatic heterocycles. The number of fused-ring (bicyclic) bond motifs is 1. The van der Waals surface area contributed by atoms with Crippen LogP contribution in [0.1, 0.15) is 16.1 Å². The number of ketones is 1. The van der Waals surface area contributed by atoms with Crippen LogP contribution in [0, 0.1) is 0 Å². The normalized spacial score (nSPS) is 10.6. The molecule has 2 heterocycles. The van der Waals surface area contributed by atoms with Crippen LogP contribution in [-0.4, -0.2) is 26.2 Å². The van der Waals surface area contributed by atoms with Crippen LogP contribution < -0.4 is 0 Å². The summed E-state index contributed by atoms with van der Waals surface area (Å²) < 4.78 is 0. The summed E-state index contributed by atoms with van der Waals surface area (Å²) in [5, 5.41) is 10.7. The van der Waals surface area contributed by atoms with Crippen molar-refractivity contribution in [3.05, 3.63) is 54.0 Å². The Morgan fingerprint density at radius 3 is 2.94 bits per heavy atom. The van der Waals surface area contributed by atoms with Crippen LogP contribution in [0.5, 0.6) is 0 Å². The molecule has 5 heteroatoms. The van der Waals surface area contributed by atoms with E-state index in [2.05, 4.69) is 20.4 Å². The SMILES string of the molecule is O=C(c1cn[nH]n1)c1cccc2ncccc12. The van der Waals surface area contributed by atoms with E-state index in [0.717, 1.165) is 10.9 Å². The highest BCUT2D eigenvalue weighted by Crippen LogP contribution is 2.18. The lowest BCUT2D eigenvalue weighted by atomic mass is 10.0. The van der Waals surface area contributed by atoms with Gasteiger partial charge in [-0.05, 0) is 12.1 Å². The molecule has 0 radical (unpaired) electrons. The molecular formula is C12H8N4O. The summed E-state index contributed by atoms with van der Waals surface area (Å²) in [4.78, 5) is 16.4. The summed E-state index contributed by atoms with van der Waals surface area (Å²) in [5.74, 6) is -0.155. The van der Waals surface area contributed by atoms with E-state index in [-0.39, 0.29) is 5.78 Å². The molecule has 0 aliphatic rings. The Balaban J connectivity index is 2.21. The zero-order valence-corrected chi connectivity index (χ0v) is 8.79. The Labute approximate surface area is 96.5 Å². The smallest absolute Gasteiger partial charge is 0.215 e. The predicted octanol–water partition coefficient (Wildman–Crippen LogP) is 1.58. The van der Waals surface area contributed by atoms with Gasteiger partial charge in [0.2, 0.25) is 5.78 Å². The van der Waals surface area contributed by atoms with E-state index in [0.29, 0.717) is 11.3 Å². The summed E-state index contributed by atoms with van der Waals surface area (Å²) >= 11 is 0. The minimum atomic E-state index is -0.155. The zero-order chi connectivity index (χ0) is 11.7. The number of carbonyl (C=O) groups excluding carboxylic acids is 1. The molecule has 0 bridgehead atoms. The van der Waals surface area contributed by atoms with E-state index in [1.165, 1.54) is 6.20 Å². The number of rotatable bonds is 2. The van der Waals surface area contributed by atoms with Gasteiger partial charge in [0.25, 0.3) is 0 Å². The van der Waals surface area contributed by atoms with E-state index in [1.54, 1.807) is 12.3 Å². The van der Waals surface area contributed by atoms with Gasteiger partial charge in [0, 0.05) is 17.1 Å². The molecule has 0 saturated carbocycles. The molecule has 17 heavy (non-hydrogen) atoms. The summed E-state index contributed by atoms with van der Waals surface area (Å²) in [7, 11) is 0. The van der Waals surface area contributed by atoms with Crippen molar-refractivity contribution < 1.29 is 4.79 Å². The minimum Gasteiger partial charge on any atom is -0.287 e. The second kappa shape index (κ2) is 3.79. The number of benzene rings is 1. The molecule has 0 fully saturated rings. The largest absolute Gasteiger partial charge is 0.287 e. The van der Waals surface area contributed by atoms with E-state index in [4.69, 9.17) is 0 Å². The molecule has 0 saturated heterocycles. The maximum atomic E-state index is 12.2. The number of pyridine rings is 1. The fraction of sp³-hybridized carbons (Fsp3) is 0. The number of H-pyrrole nitrogens is 1. The van der Waals surface area contributed by atoms with Crippen molar-refractivity contribution in [3.8, 4) is 0 Å². The van der Waals surface area contributed by atoms with Crippen LogP contribution in [-0.2, 0) is 0 Å². The van der Waals surface area contributed by atoms with E-state index in [9.17, 15) is 4.79 Å². The van der Waals surface area contributed by atoms with Crippen molar-refractivity contribution in [3.63, 3.8) is 0 Å². The standard InChI is InChI=1S/C12H8N4O/c17-12(11-7-14-16-15-11)9-3-1-5-10-8(9)4-2-6-13-10/h1-7H,(H,14,15,16).